The molecular formula is C38H47BrN2O6. The molecule has 9 heteroatoms. The van der Waals surface area contributed by atoms with Crippen molar-refractivity contribution in [2.75, 3.05) is 0 Å². The Labute approximate surface area is 286 Å². The Bertz CT molecular complexity index is 1680. The van der Waals surface area contributed by atoms with Crippen LogP contribution in [-0.4, -0.2) is 43.3 Å². The van der Waals surface area contributed by atoms with Crippen LogP contribution in [0.2, 0.25) is 0 Å². The van der Waals surface area contributed by atoms with Gasteiger partial charge in [-0.25, -0.2) is 0 Å². The van der Waals surface area contributed by atoms with Crippen LogP contribution >= 0.6 is 15.9 Å². The highest BCUT2D eigenvalue weighted by atomic mass is 79.9. The molecule has 0 saturated carbocycles. The van der Waals surface area contributed by atoms with Crippen molar-refractivity contribution in [2.24, 2.45) is 0 Å². The number of aliphatic hydroxyl groups is 2. The Morgan fingerprint density at radius 1 is 0.787 bits per heavy atom. The number of halogens is 1. The number of aliphatic hydroxyl groups excluding tert-OH is 2. The van der Waals surface area contributed by atoms with Crippen LogP contribution in [0.5, 0.6) is 0 Å². The Kier molecular flexibility index (Phi) is 14.9. The molecule has 2 atom stereocenters. The highest BCUT2D eigenvalue weighted by molar-refractivity contribution is 9.10. The van der Waals surface area contributed by atoms with E-state index in [1.54, 1.807) is 32.3 Å². The van der Waals surface area contributed by atoms with Crippen LogP contribution in [0.1, 0.15) is 97.1 Å². The SMILES string of the molecule is C=CCC(=O)OC(C)(C)C.C[C@@H](O)c1ccc2ncc(/C=C/CC(=O)OC(C)(C)C)cc2c1.C[C@@H](O)c1ccc2ncc(Br)cc2c1. The summed E-state index contributed by atoms with van der Waals surface area (Å²) in [4.78, 5) is 31.1. The van der Waals surface area contributed by atoms with Crippen LogP contribution in [-0.2, 0) is 19.1 Å². The number of ether oxygens (including phenoxy) is 2. The molecule has 2 aromatic carbocycles. The first-order chi connectivity index (χ1) is 21.9. The lowest BCUT2D eigenvalue weighted by Crippen LogP contribution is -2.23. The smallest absolute Gasteiger partial charge is 0.310 e. The highest BCUT2D eigenvalue weighted by Gasteiger charge is 2.15. The normalized spacial score (nSPS) is 12.7. The summed E-state index contributed by atoms with van der Waals surface area (Å²) in [6.07, 6.45) is 8.26. The quantitative estimate of drug-likeness (QED) is 0.144. The van der Waals surface area contributed by atoms with E-state index < -0.39 is 17.8 Å². The van der Waals surface area contributed by atoms with Crippen molar-refractivity contribution in [3.05, 3.63) is 101 Å². The van der Waals surface area contributed by atoms with E-state index in [0.717, 1.165) is 43.0 Å². The lowest BCUT2D eigenvalue weighted by atomic mass is 10.1. The minimum atomic E-state index is -0.509. The summed E-state index contributed by atoms with van der Waals surface area (Å²) in [6, 6.07) is 15.4. The molecule has 0 unspecified atom stereocenters. The van der Waals surface area contributed by atoms with E-state index in [2.05, 4.69) is 32.5 Å². The summed E-state index contributed by atoms with van der Waals surface area (Å²) < 4.78 is 11.2. The highest BCUT2D eigenvalue weighted by Crippen LogP contribution is 2.22. The first-order valence-electron chi connectivity index (χ1n) is 15.4. The second kappa shape index (κ2) is 17.8. The number of pyridine rings is 2. The molecular weight excluding hydrogens is 660 g/mol. The number of carbonyl (C=O) groups excluding carboxylic acids is 2. The summed E-state index contributed by atoms with van der Waals surface area (Å²) in [5.41, 5.74) is 3.65. The third-order valence-corrected chi connectivity index (χ3v) is 6.54. The second-order valence-electron chi connectivity index (χ2n) is 13.0. The molecule has 0 radical (unpaired) electrons. The third kappa shape index (κ3) is 15.0. The molecule has 4 aromatic rings. The van der Waals surface area contributed by atoms with E-state index in [1.165, 1.54) is 6.08 Å². The molecule has 2 N–H and O–H groups in total. The number of hydrogen-bond acceptors (Lipinski definition) is 8. The fourth-order valence-corrected chi connectivity index (χ4v) is 4.43. The van der Waals surface area contributed by atoms with Crippen molar-refractivity contribution in [1.82, 2.24) is 9.97 Å². The van der Waals surface area contributed by atoms with Crippen molar-refractivity contribution in [1.29, 1.82) is 0 Å². The van der Waals surface area contributed by atoms with Crippen molar-refractivity contribution in [3.63, 3.8) is 0 Å². The van der Waals surface area contributed by atoms with E-state index >= 15 is 0 Å². The summed E-state index contributed by atoms with van der Waals surface area (Å²) in [7, 11) is 0. The molecule has 2 heterocycles. The van der Waals surface area contributed by atoms with Gasteiger partial charge in [0.1, 0.15) is 11.2 Å². The van der Waals surface area contributed by atoms with Crippen LogP contribution < -0.4 is 0 Å². The summed E-state index contributed by atoms with van der Waals surface area (Å²) >= 11 is 3.37. The molecule has 0 spiro atoms. The fourth-order valence-electron chi connectivity index (χ4n) is 4.08. The molecule has 0 saturated heterocycles. The first kappa shape index (κ1) is 39.3. The third-order valence-electron chi connectivity index (χ3n) is 6.11. The first-order valence-corrected chi connectivity index (χ1v) is 16.2. The molecule has 0 aliphatic rings. The molecule has 2 aromatic heterocycles. The van der Waals surface area contributed by atoms with E-state index in [4.69, 9.17) is 9.47 Å². The average molecular weight is 708 g/mol. The molecule has 0 fully saturated rings. The number of esters is 2. The van der Waals surface area contributed by atoms with Gasteiger partial charge in [-0.3, -0.25) is 19.6 Å². The molecule has 0 aliphatic heterocycles. The number of carbonyl (C=O) groups is 2. The van der Waals surface area contributed by atoms with Crippen LogP contribution in [0.25, 0.3) is 27.9 Å². The zero-order chi connectivity index (χ0) is 35.4. The minimum absolute atomic E-state index is 0.220. The lowest BCUT2D eigenvalue weighted by Gasteiger charge is -2.18. The maximum absolute atomic E-state index is 11.7. The zero-order valence-electron chi connectivity index (χ0n) is 28.6. The number of aromatic nitrogens is 2. The summed E-state index contributed by atoms with van der Waals surface area (Å²) in [5, 5.41) is 21.1. The number of benzene rings is 2. The van der Waals surface area contributed by atoms with Crippen molar-refractivity contribution in [3.8, 4) is 0 Å². The van der Waals surface area contributed by atoms with E-state index in [9.17, 15) is 19.8 Å². The number of nitrogens with zero attached hydrogens (tertiary/aromatic N) is 2. The van der Waals surface area contributed by atoms with Crippen LogP contribution in [0.15, 0.2) is 84.1 Å². The van der Waals surface area contributed by atoms with Gasteiger partial charge in [0, 0.05) is 27.6 Å². The van der Waals surface area contributed by atoms with Crippen LogP contribution in [0.4, 0.5) is 0 Å². The molecule has 8 nitrogen and oxygen atoms in total. The standard InChI is InChI=1S/C19H23NO3.C11H10BrNO.C8H14O2/c1-13(21)15-8-9-17-16(11-15)10-14(12-20-17)6-5-7-18(22)23-19(2,3)4;1-7(14)8-2-3-11-9(4-8)5-10(12)6-13-11;1-5-6-7(9)10-8(2,3)4/h5-6,8-13,21H,7H2,1-4H3;2-7,14H,1H3;5H,1,6H2,2-4H3/b6-5+;;/t13-;7-;/m11./s1. The Balaban J connectivity index is 0.000000272. The molecule has 4 rings (SSSR count). The predicted octanol–water partition coefficient (Wildman–Crippen LogP) is 8.99. The molecule has 0 aliphatic carbocycles. The Hall–Kier alpha value is -3.92. The van der Waals surface area contributed by atoms with Gasteiger partial charge in [0.05, 0.1) is 36.1 Å². The molecule has 252 valence electrons. The largest absolute Gasteiger partial charge is 0.460 e. The van der Waals surface area contributed by atoms with E-state index in [-0.39, 0.29) is 30.4 Å². The average Bonchev–Trinajstić information content (AvgIpc) is 2.95. The van der Waals surface area contributed by atoms with Crippen LogP contribution in [0.3, 0.4) is 0 Å². The van der Waals surface area contributed by atoms with Gasteiger partial charge in [0.15, 0.2) is 0 Å². The fraction of sp³-hybridized carbons (Fsp3) is 0.368. The minimum Gasteiger partial charge on any atom is -0.460 e. The van der Waals surface area contributed by atoms with Gasteiger partial charge in [-0.1, -0.05) is 30.4 Å². The lowest BCUT2D eigenvalue weighted by molar-refractivity contribution is -0.154. The summed E-state index contributed by atoms with van der Waals surface area (Å²) in [5.74, 6) is -0.471. The van der Waals surface area contributed by atoms with Gasteiger partial charge in [0.25, 0.3) is 0 Å². The van der Waals surface area contributed by atoms with E-state index in [1.807, 2.05) is 96.1 Å². The zero-order valence-corrected chi connectivity index (χ0v) is 30.2. The van der Waals surface area contributed by atoms with Gasteiger partial charge in [-0.05, 0) is 124 Å². The van der Waals surface area contributed by atoms with Crippen molar-refractivity contribution < 1.29 is 29.3 Å². The predicted molar refractivity (Wildman–Crippen MR) is 193 cm³/mol. The van der Waals surface area contributed by atoms with Gasteiger partial charge < -0.3 is 19.7 Å². The van der Waals surface area contributed by atoms with Crippen molar-refractivity contribution in [2.45, 2.75) is 91.6 Å². The Morgan fingerprint density at radius 2 is 1.26 bits per heavy atom. The molecule has 0 amide bonds. The molecule has 0 bridgehead atoms. The number of rotatable bonds is 7. The van der Waals surface area contributed by atoms with Crippen molar-refractivity contribution >= 4 is 55.8 Å². The van der Waals surface area contributed by atoms with Gasteiger partial charge in [-0.15, -0.1) is 6.58 Å². The topological polar surface area (TPSA) is 119 Å². The monoisotopic (exact) mass is 706 g/mol. The van der Waals surface area contributed by atoms with Gasteiger partial charge >= 0.3 is 11.9 Å². The van der Waals surface area contributed by atoms with E-state index in [0.29, 0.717) is 0 Å². The van der Waals surface area contributed by atoms with Crippen LogP contribution in [0, 0.1) is 0 Å². The summed E-state index contributed by atoms with van der Waals surface area (Å²) in [6.45, 7) is 18.0. The maximum Gasteiger partial charge on any atom is 0.310 e. The second-order valence-corrected chi connectivity index (χ2v) is 13.9. The molecule has 47 heavy (non-hydrogen) atoms. The van der Waals surface area contributed by atoms with Gasteiger partial charge in [0.2, 0.25) is 0 Å². The maximum atomic E-state index is 11.7. The van der Waals surface area contributed by atoms with Gasteiger partial charge in [-0.2, -0.15) is 0 Å². The number of fused-ring (bicyclic) bond motifs is 2. The number of hydrogen-bond donors (Lipinski definition) is 2. The Morgan fingerprint density at radius 3 is 1.72 bits per heavy atom.